The van der Waals surface area contributed by atoms with Gasteiger partial charge >= 0.3 is 0 Å². The highest BCUT2D eigenvalue weighted by Gasteiger charge is 2.48. The summed E-state index contributed by atoms with van der Waals surface area (Å²) in [5, 5.41) is 10.9. The highest BCUT2D eigenvalue weighted by Crippen LogP contribution is 2.55. The van der Waals surface area contributed by atoms with E-state index in [1.807, 2.05) is 0 Å². The number of hydrogen-bond acceptors (Lipinski definition) is 1. The summed E-state index contributed by atoms with van der Waals surface area (Å²) in [6.45, 7) is 26.8. The highest BCUT2D eigenvalue weighted by atomic mass is 16.3. The summed E-state index contributed by atoms with van der Waals surface area (Å²) >= 11 is 0. The Morgan fingerprint density at radius 2 is 1.07 bits per heavy atom. The first-order valence-electron chi connectivity index (χ1n) is 12.3. The topological polar surface area (TPSA) is 20.2 Å². The minimum absolute atomic E-state index is 0.120. The van der Waals surface area contributed by atoms with E-state index in [1.165, 1.54) is 19.3 Å². The molecule has 9 unspecified atom stereocenters. The van der Waals surface area contributed by atoms with Gasteiger partial charge < -0.3 is 5.11 Å². The average molecular weight is 393 g/mol. The predicted octanol–water partition coefficient (Wildman–Crippen LogP) is 7.67. The van der Waals surface area contributed by atoms with Crippen molar-refractivity contribution in [1.82, 2.24) is 0 Å². The van der Waals surface area contributed by atoms with Crippen molar-refractivity contribution in [3.8, 4) is 0 Å². The van der Waals surface area contributed by atoms with Crippen LogP contribution in [0.15, 0.2) is 0 Å². The van der Waals surface area contributed by atoms with E-state index in [0.29, 0.717) is 17.3 Å². The Balaban J connectivity index is 2.32. The normalized spacial score (nSPS) is 41.9. The molecule has 2 aliphatic carbocycles. The highest BCUT2D eigenvalue weighted by molar-refractivity contribution is 4.97. The van der Waals surface area contributed by atoms with Crippen molar-refractivity contribution in [2.24, 2.45) is 64.1 Å². The van der Waals surface area contributed by atoms with Crippen LogP contribution in [0, 0.1) is 64.1 Å². The quantitative estimate of drug-likeness (QED) is 0.522. The summed E-state index contributed by atoms with van der Waals surface area (Å²) in [5.41, 5.74) is 0.599. The number of aliphatic hydroxyl groups excluding tert-OH is 1. The van der Waals surface area contributed by atoms with Gasteiger partial charge in [0.25, 0.3) is 0 Å². The minimum atomic E-state index is -0.120. The Kier molecular flexibility index (Phi) is 7.44. The lowest BCUT2D eigenvalue weighted by Crippen LogP contribution is -2.48. The van der Waals surface area contributed by atoms with Crippen LogP contribution in [0.4, 0.5) is 0 Å². The molecule has 0 heterocycles. The summed E-state index contributed by atoms with van der Waals surface area (Å²) in [6, 6.07) is 0. The van der Waals surface area contributed by atoms with Gasteiger partial charge in [-0.25, -0.2) is 0 Å². The predicted molar refractivity (Wildman–Crippen MR) is 123 cm³/mol. The zero-order valence-corrected chi connectivity index (χ0v) is 21.0. The fraction of sp³-hybridized carbons (Fsp3) is 1.00. The lowest BCUT2D eigenvalue weighted by Gasteiger charge is -2.53. The molecule has 0 aromatic rings. The lowest BCUT2D eigenvalue weighted by molar-refractivity contribution is -0.0758. The molecule has 2 fully saturated rings. The van der Waals surface area contributed by atoms with Gasteiger partial charge in [0.15, 0.2) is 0 Å². The van der Waals surface area contributed by atoms with Crippen LogP contribution in [0.3, 0.4) is 0 Å². The molecule has 2 rings (SSSR count). The van der Waals surface area contributed by atoms with Crippen LogP contribution in [0.25, 0.3) is 0 Å². The standard InChI is InChI=1S/C27H52O/c1-16(2)25(20-14-22(26(6,7)8)19(5)12-17(20)3)21-15-23(27(9,10)11)24(28)13-18(21)4/h16-25,28H,12-15H2,1-11H3. The van der Waals surface area contributed by atoms with Gasteiger partial charge in [-0.2, -0.15) is 0 Å². The van der Waals surface area contributed by atoms with Gasteiger partial charge in [-0.15, -0.1) is 0 Å². The second-order valence-electron chi connectivity index (χ2n) is 13.5. The van der Waals surface area contributed by atoms with Crippen molar-refractivity contribution in [3.63, 3.8) is 0 Å². The van der Waals surface area contributed by atoms with Crippen LogP contribution in [0.5, 0.6) is 0 Å². The van der Waals surface area contributed by atoms with Crippen molar-refractivity contribution in [2.75, 3.05) is 0 Å². The first-order valence-corrected chi connectivity index (χ1v) is 12.3. The summed E-state index contributed by atoms with van der Waals surface area (Å²) in [4.78, 5) is 0. The molecule has 166 valence electrons. The van der Waals surface area contributed by atoms with Gasteiger partial charge in [-0.05, 0) is 89.8 Å². The molecule has 0 amide bonds. The van der Waals surface area contributed by atoms with Gasteiger partial charge in [0.2, 0.25) is 0 Å². The average Bonchev–Trinajstić information content (AvgIpc) is 2.48. The molecule has 9 atom stereocenters. The first kappa shape index (κ1) is 24.2. The van der Waals surface area contributed by atoms with E-state index in [4.69, 9.17) is 0 Å². The zero-order valence-electron chi connectivity index (χ0n) is 21.0. The molecule has 2 saturated carbocycles. The Labute approximate surface area is 177 Å². The second kappa shape index (κ2) is 8.60. The smallest absolute Gasteiger partial charge is 0.0576 e. The molecule has 0 saturated heterocycles. The molecule has 0 aromatic carbocycles. The lowest BCUT2D eigenvalue weighted by atomic mass is 9.52. The molecule has 2 aliphatic rings. The maximum atomic E-state index is 10.9. The Hall–Kier alpha value is -0.0400. The number of rotatable bonds is 3. The fourth-order valence-electron chi connectivity index (χ4n) is 7.60. The van der Waals surface area contributed by atoms with E-state index in [-0.39, 0.29) is 11.5 Å². The number of aliphatic hydroxyl groups is 1. The Morgan fingerprint density at radius 3 is 1.50 bits per heavy atom. The molecule has 0 radical (unpaired) electrons. The van der Waals surface area contributed by atoms with Crippen LogP contribution in [-0.4, -0.2) is 11.2 Å². The largest absolute Gasteiger partial charge is 0.393 e. The SMILES string of the molecule is CC(C)C(C1CC(C(C)(C)C)C(C)CC1C)C1CC(C(C)(C)C)C(O)CC1C. The molecule has 1 heteroatoms. The van der Waals surface area contributed by atoms with E-state index >= 15 is 0 Å². The molecule has 0 bridgehead atoms. The maximum Gasteiger partial charge on any atom is 0.0576 e. The van der Waals surface area contributed by atoms with Crippen molar-refractivity contribution >= 4 is 0 Å². The van der Waals surface area contributed by atoms with Crippen LogP contribution < -0.4 is 0 Å². The third kappa shape index (κ3) is 5.16. The number of hydrogen-bond donors (Lipinski definition) is 1. The van der Waals surface area contributed by atoms with Crippen LogP contribution in [0.1, 0.15) is 102 Å². The molecular formula is C27H52O. The molecule has 28 heavy (non-hydrogen) atoms. The fourth-order valence-corrected chi connectivity index (χ4v) is 7.60. The van der Waals surface area contributed by atoms with Gasteiger partial charge in [0.1, 0.15) is 0 Å². The second-order valence-corrected chi connectivity index (χ2v) is 13.5. The molecule has 1 N–H and O–H groups in total. The Morgan fingerprint density at radius 1 is 0.643 bits per heavy atom. The summed E-state index contributed by atoms with van der Waals surface area (Å²) in [7, 11) is 0. The van der Waals surface area contributed by atoms with Gasteiger partial charge in [-0.1, -0.05) is 76.2 Å². The molecule has 0 aliphatic heterocycles. The van der Waals surface area contributed by atoms with E-state index < -0.39 is 0 Å². The third-order valence-electron chi connectivity index (χ3n) is 9.01. The molecule has 1 nitrogen and oxygen atoms in total. The van der Waals surface area contributed by atoms with E-state index in [9.17, 15) is 5.11 Å². The third-order valence-corrected chi connectivity index (χ3v) is 9.01. The zero-order chi connectivity index (χ0) is 21.6. The van der Waals surface area contributed by atoms with Crippen molar-refractivity contribution < 1.29 is 5.11 Å². The molecular weight excluding hydrogens is 340 g/mol. The van der Waals surface area contributed by atoms with E-state index in [0.717, 1.165) is 47.8 Å². The van der Waals surface area contributed by atoms with Crippen molar-refractivity contribution in [1.29, 1.82) is 0 Å². The van der Waals surface area contributed by atoms with Crippen molar-refractivity contribution in [2.45, 2.75) is 108 Å². The maximum absolute atomic E-state index is 10.9. The molecule has 0 spiro atoms. The summed E-state index contributed by atoms with van der Waals surface area (Å²) in [5.74, 6) is 6.69. The van der Waals surface area contributed by atoms with Crippen LogP contribution in [0.2, 0.25) is 0 Å². The monoisotopic (exact) mass is 392 g/mol. The van der Waals surface area contributed by atoms with Crippen molar-refractivity contribution in [3.05, 3.63) is 0 Å². The summed E-state index contributed by atoms with van der Waals surface area (Å²) in [6.07, 6.45) is 4.89. The van der Waals surface area contributed by atoms with Crippen LogP contribution >= 0.6 is 0 Å². The first-order chi connectivity index (χ1) is 12.6. The van der Waals surface area contributed by atoms with Crippen LogP contribution in [-0.2, 0) is 0 Å². The summed E-state index contributed by atoms with van der Waals surface area (Å²) < 4.78 is 0. The Bertz CT molecular complexity index is 451. The van der Waals surface area contributed by atoms with Gasteiger partial charge in [0, 0.05) is 0 Å². The minimum Gasteiger partial charge on any atom is -0.393 e. The van der Waals surface area contributed by atoms with E-state index in [1.54, 1.807) is 0 Å². The molecule has 0 aromatic heterocycles. The van der Waals surface area contributed by atoms with Gasteiger partial charge in [-0.3, -0.25) is 0 Å². The van der Waals surface area contributed by atoms with E-state index in [2.05, 4.69) is 76.2 Å². The van der Waals surface area contributed by atoms with Gasteiger partial charge in [0.05, 0.1) is 6.10 Å².